The average Bonchev–Trinajstić information content (AvgIpc) is 2.27. The third-order valence-electron chi connectivity index (χ3n) is 3.32. The lowest BCUT2D eigenvalue weighted by atomic mass is 10.1. The standard InChI is InChI=1S/C13H28N2O/c1-5-6-12(4)14-9-13-10-15(11(2)3)7-8-16-13/h11-14H,5-10H2,1-4H3. The van der Waals surface area contributed by atoms with Crippen LogP contribution in [0.2, 0.25) is 0 Å². The summed E-state index contributed by atoms with van der Waals surface area (Å²) in [6.07, 6.45) is 2.87. The lowest BCUT2D eigenvalue weighted by Gasteiger charge is -2.36. The summed E-state index contributed by atoms with van der Waals surface area (Å²) >= 11 is 0. The van der Waals surface area contributed by atoms with E-state index in [-0.39, 0.29) is 0 Å². The molecule has 1 heterocycles. The smallest absolute Gasteiger partial charge is 0.0826 e. The van der Waals surface area contributed by atoms with Gasteiger partial charge in [0.15, 0.2) is 0 Å². The number of nitrogens with zero attached hydrogens (tertiary/aromatic N) is 1. The number of nitrogens with one attached hydrogen (secondary N) is 1. The van der Waals surface area contributed by atoms with Crippen LogP contribution in [-0.4, -0.2) is 49.3 Å². The second-order valence-electron chi connectivity index (χ2n) is 5.18. The van der Waals surface area contributed by atoms with Gasteiger partial charge in [0, 0.05) is 31.7 Å². The van der Waals surface area contributed by atoms with E-state index in [0.29, 0.717) is 18.2 Å². The highest BCUT2D eigenvalue weighted by atomic mass is 16.5. The van der Waals surface area contributed by atoms with Crippen LogP contribution in [0.5, 0.6) is 0 Å². The fourth-order valence-electron chi connectivity index (χ4n) is 2.20. The van der Waals surface area contributed by atoms with Crippen LogP contribution in [0.1, 0.15) is 40.5 Å². The zero-order valence-electron chi connectivity index (χ0n) is 11.3. The molecule has 0 aliphatic carbocycles. The Morgan fingerprint density at radius 2 is 2.12 bits per heavy atom. The van der Waals surface area contributed by atoms with Gasteiger partial charge < -0.3 is 10.1 Å². The molecule has 0 spiro atoms. The van der Waals surface area contributed by atoms with Crippen molar-refractivity contribution in [2.45, 2.75) is 58.7 Å². The molecule has 1 saturated heterocycles. The number of hydrogen-bond acceptors (Lipinski definition) is 3. The molecule has 0 saturated carbocycles. The van der Waals surface area contributed by atoms with E-state index in [1.807, 2.05) is 0 Å². The first-order valence-electron chi connectivity index (χ1n) is 6.72. The molecule has 3 nitrogen and oxygen atoms in total. The van der Waals surface area contributed by atoms with Crippen molar-refractivity contribution in [3.8, 4) is 0 Å². The van der Waals surface area contributed by atoms with Gasteiger partial charge in [0.05, 0.1) is 12.7 Å². The largest absolute Gasteiger partial charge is 0.374 e. The lowest BCUT2D eigenvalue weighted by molar-refractivity contribution is -0.0380. The van der Waals surface area contributed by atoms with Crippen molar-refractivity contribution in [2.75, 3.05) is 26.2 Å². The summed E-state index contributed by atoms with van der Waals surface area (Å²) in [6.45, 7) is 13.0. The first kappa shape index (κ1) is 13.9. The Bertz CT molecular complexity index is 185. The first-order chi connectivity index (χ1) is 7.63. The molecule has 3 heteroatoms. The van der Waals surface area contributed by atoms with Gasteiger partial charge in [0.2, 0.25) is 0 Å². The van der Waals surface area contributed by atoms with Gasteiger partial charge in [-0.1, -0.05) is 13.3 Å². The molecule has 0 aromatic heterocycles. The van der Waals surface area contributed by atoms with E-state index >= 15 is 0 Å². The predicted molar refractivity (Wildman–Crippen MR) is 68.8 cm³/mol. The van der Waals surface area contributed by atoms with Crippen LogP contribution in [0.3, 0.4) is 0 Å². The van der Waals surface area contributed by atoms with Crippen molar-refractivity contribution in [2.24, 2.45) is 0 Å². The van der Waals surface area contributed by atoms with Gasteiger partial charge in [0.25, 0.3) is 0 Å². The van der Waals surface area contributed by atoms with Crippen LogP contribution >= 0.6 is 0 Å². The van der Waals surface area contributed by atoms with Gasteiger partial charge in [-0.3, -0.25) is 4.90 Å². The third-order valence-corrected chi connectivity index (χ3v) is 3.32. The van der Waals surface area contributed by atoms with E-state index < -0.39 is 0 Å². The summed E-state index contributed by atoms with van der Waals surface area (Å²) in [5.41, 5.74) is 0. The monoisotopic (exact) mass is 228 g/mol. The molecule has 0 radical (unpaired) electrons. The maximum absolute atomic E-state index is 5.78. The van der Waals surface area contributed by atoms with E-state index in [9.17, 15) is 0 Å². The molecule has 0 bridgehead atoms. The fraction of sp³-hybridized carbons (Fsp3) is 1.00. The molecule has 16 heavy (non-hydrogen) atoms. The Labute approximate surface area is 101 Å². The quantitative estimate of drug-likeness (QED) is 0.751. The highest BCUT2D eigenvalue weighted by Crippen LogP contribution is 2.08. The van der Waals surface area contributed by atoms with Gasteiger partial charge in [-0.25, -0.2) is 0 Å². The Hall–Kier alpha value is -0.120. The minimum Gasteiger partial charge on any atom is -0.374 e. The molecule has 1 rings (SSSR count). The number of hydrogen-bond donors (Lipinski definition) is 1. The summed E-state index contributed by atoms with van der Waals surface area (Å²) in [7, 11) is 0. The van der Waals surface area contributed by atoms with Gasteiger partial charge >= 0.3 is 0 Å². The molecule has 2 unspecified atom stereocenters. The topological polar surface area (TPSA) is 24.5 Å². The van der Waals surface area contributed by atoms with Crippen LogP contribution in [-0.2, 0) is 4.74 Å². The van der Waals surface area contributed by atoms with Crippen molar-refractivity contribution in [3.05, 3.63) is 0 Å². The molecule has 0 aromatic carbocycles. The molecular formula is C13H28N2O. The Balaban J connectivity index is 2.21. The van der Waals surface area contributed by atoms with E-state index in [4.69, 9.17) is 4.74 Å². The minimum absolute atomic E-state index is 0.371. The molecule has 1 aliphatic rings. The van der Waals surface area contributed by atoms with Gasteiger partial charge in [-0.2, -0.15) is 0 Å². The van der Waals surface area contributed by atoms with Crippen molar-refractivity contribution >= 4 is 0 Å². The normalized spacial score (nSPS) is 24.9. The molecule has 1 aliphatic heterocycles. The average molecular weight is 228 g/mol. The fourth-order valence-corrected chi connectivity index (χ4v) is 2.20. The highest BCUT2D eigenvalue weighted by molar-refractivity contribution is 4.76. The summed E-state index contributed by atoms with van der Waals surface area (Å²) in [5, 5.41) is 3.56. The summed E-state index contributed by atoms with van der Waals surface area (Å²) in [5.74, 6) is 0. The third kappa shape index (κ3) is 4.81. The van der Waals surface area contributed by atoms with Crippen molar-refractivity contribution in [1.82, 2.24) is 10.2 Å². The SMILES string of the molecule is CCCC(C)NCC1CN(C(C)C)CCO1. The summed E-state index contributed by atoms with van der Waals surface area (Å²) in [6, 6.07) is 1.25. The summed E-state index contributed by atoms with van der Waals surface area (Å²) in [4.78, 5) is 2.50. The van der Waals surface area contributed by atoms with E-state index in [1.54, 1.807) is 0 Å². The molecule has 0 aromatic rings. The van der Waals surface area contributed by atoms with Crippen molar-refractivity contribution in [3.63, 3.8) is 0 Å². The van der Waals surface area contributed by atoms with Crippen molar-refractivity contribution in [1.29, 1.82) is 0 Å². The number of ether oxygens (including phenoxy) is 1. The van der Waals surface area contributed by atoms with E-state index in [2.05, 4.69) is 37.9 Å². The highest BCUT2D eigenvalue weighted by Gasteiger charge is 2.22. The molecule has 96 valence electrons. The second kappa shape index (κ2) is 7.25. The summed E-state index contributed by atoms with van der Waals surface area (Å²) < 4.78 is 5.78. The zero-order chi connectivity index (χ0) is 12.0. The van der Waals surface area contributed by atoms with Gasteiger partial charge in [-0.05, 0) is 27.2 Å². The first-order valence-corrected chi connectivity index (χ1v) is 6.72. The van der Waals surface area contributed by atoms with Crippen LogP contribution in [0, 0.1) is 0 Å². The minimum atomic E-state index is 0.371. The van der Waals surface area contributed by atoms with E-state index in [0.717, 1.165) is 26.2 Å². The molecule has 1 N–H and O–H groups in total. The lowest BCUT2D eigenvalue weighted by Crippen LogP contribution is -2.49. The molecule has 2 atom stereocenters. The van der Waals surface area contributed by atoms with Gasteiger partial charge in [0.1, 0.15) is 0 Å². The molecule has 1 fully saturated rings. The maximum Gasteiger partial charge on any atom is 0.0826 e. The maximum atomic E-state index is 5.78. The number of rotatable bonds is 6. The van der Waals surface area contributed by atoms with Crippen LogP contribution < -0.4 is 5.32 Å². The van der Waals surface area contributed by atoms with Crippen molar-refractivity contribution < 1.29 is 4.74 Å². The molecule has 0 amide bonds. The Kier molecular flexibility index (Phi) is 6.32. The Morgan fingerprint density at radius 1 is 1.38 bits per heavy atom. The second-order valence-corrected chi connectivity index (χ2v) is 5.18. The zero-order valence-corrected chi connectivity index (χ0v) is 11.3. The molecular weight excluding hydrogens is 200 g/mol. The predicted octanol–water partition coefficient (Wildman–Crippen LogP) is 1.87. The van der Waals surface area contributed by atoms with Crippen LogP contribution in [0.15, 0.2) is 0 Å². The van der Waals surface area contributed by atoms with Crippen LogP contribution in [0.4, 0.5) is 0 Å². The van der Waals surface area contributed by atoms with E-state index in [1.165, 1.54) is 12.8 Å². The van der Waals surface area contributed by atoms with Gasteiger partial charge in [-0.15, -0.1) is 0 Å². The number of morpholine rings is 1. The van der Waals surface area contributed by atoms with Crippen LogP contribution in [0.25, 0.3) is 0 Å². The Morgan fingerprint density at radius 3 is 2.75 bits per heavy atom.